The number of carboxylic acids is 1. The van der Waals surface area contributed by atoms with Crippen LogP contribution in [0.2, 0.25) is 10.0 Å². The van der Waals surface area contributed by atoms with E-state index in [4.69, 9.17) is 27.9 Å². The third-order valence-corrected chi connectivity index (χ3v) is 7.00. The molecule has 8 heteroatoms. The lowest BCUT2D eigenvalue weighted by molar-refractivity contribution is -0.137. The van der Waals surface area contributed by atoms with Crippen LogP contribution in [0, 0.1) is 0 Å². The molecule has 0 heterocycles. The molecular weight excluding hydrogens is 571 g/mol. The van der Waals surface area contributed by atoms with Gasteiger partial charge in [-0.05, 0) is 71.8 Å². The van der Waals surface area contributed by atoms with Crippen molar-refractivity contribution in [3.8, 4) is 22.6 Å². The number of benzene rings is 5. The van der Waals surface area contributed by atoms with Crippen LogP contribution in [0.3, 0.4) is 0 Å². The van der Waals surface area contributed by atoms with Crippen molar-refractivity contribution in [3.63, 3.8) is 0 Å². The molecule has 5 rings (SSSR count). The summed E-state index contributed by atoms with van der Waals surface area (Å²) in [5.74, 6) is -0.104. The Bertz CT molecular complexity index is 1690. The Morgan fingerprint density at radius 2 is 1.43 bits per heavy atom. The summed E-state index contributed by atoms with van der Waals surface area (Å²) >= 11 is 12.2. The highest BCUT2D eigenvalue weighted by Gasteiger charge is 2.21. The highest BCUT2D eigenvalue weighted by molar-refractivity contribution is 6.31. The van der Waals surface area contributed by atoms with Crippen LogP contribution < -0.4 is 15.4 Å². The van der Waals surface area contributed by atoms with E-state index in [2.05, 4.69) is 10.6 Å². The molecule has 0 aliphatic rings. The summed E-state index contributed by atoms with van der Waals surface area (Å²) in [5, 5.41) is 16.7. The molecule has 5 aromatic rings. The summed E-state index contributed by atoms with van der Waals surface area (Å²) < 4.78 is 6.11. The molecule has 0 bridgehead atoms. The summed E-state index contributed by atoms with van der Waals surface area (Å²) in [6.07, 6.45) is -0.306. The molecule has 210 valence electrons. The largest absolute Gasteiger partial charge is 0.481 e. The average molecular weight is 597 g/mol. The Morgan fingerprint density at radius 1 is 0.762 bits per heavy atom. The Hall–Kier alpha value is -4.78. The maximum atomic E-state index is 13.5. The number of rotatable bonds is 10. The number of anilines is 2. The molecule has 1 atom stereocenters. The first-order valence-corrected chi connectivity index (χ1v) is 13.9. The van der Waals surface area contributed by atoms with Gasteiger partial charge in [-0.15, -0.1) is 0 Å². The molecule has 1 unspecified atom stereocenters. The van der Waals surface area contributed by atoms with Crippen LogP contribution in [0.5, 0.6) is 11.5 Å². The van der Waals surface area contributed by atoms with Crippen LogP contribution in [0.1, 0.15) is 28.4 Å². The number of ether oxygens (including phenoxy) is 1. The predicted octanol–water partition coefficient (Wildman–Crippen LogP) is 9.14. The van der Waals surface area contributed by atoms with E-state index in [0.717, 1.165) is 22.6 Å². The topological polar surface area (TPSA) is 87.7 Å². The van der Waals surface area contributed by atoms with Gasteiger partial charge in [0.05, 0.1) is 23.7 Å². The number of para-hydroxylation sites is 2. The third-order valence-electron chi connectivity index (χ3n) is 6.52. The summed E-state index contributed by atoms with van der Waals surface area (Å²) in [6, 6.07) is 35.7. The lowest BCUT2D eigenvalue weighted by atomic mass is 9.98. The summed E-state index contributed by atoms with van der Waals surface area (Å²) in [5.41, 5.74) is 3.92. The smallest absolute Gasteiger partial charge is 0.305 e. The second-order valence-corrected chi connectivity index (χ2v) is 10.4. The highest BCUT2D eigenvalue weighted by atomic mass is 35.5. The number of carboxylic acid groups (broad SMARTS) is 1. The van der Waals surface area contributed by atoms with E-state index in [0.29, 0.717) is 27.0 Å². The van der Waals surface area contributed by atoms with Gasteiger partial charge < -0.3 is 20.5 Å². The van der Waals surface area contributed by atoms with Crippen molar-refractivity contribution < 1.29 is 19.4 Å². The monoisotopic (exact) mass is 596 g/mol. The first kappa shape index (κ1) is 28.7. The fraction of sp³-hybridized carbons (Fsp3) is 0.0588. The van der Waals surface area contributed by atoms with Gasteiger partial charge in [0.1, 0.15) is 11.5 Å². The van der Waals surface area contributed by atoms with Crippen molar-refractivity contribution >= 4 is 46.5 Å². The van der Waals surface area contributed by atoms with E-state index >= 15 is 0 Å². The van der Waals surface area contributed by atoms with E-state index in [9.17, 15) is 14.7 Å². The standard InChI is InChI=1S/C34H26Cl2N2O4/c35-24-14-17-26(18-15-24)37-30-19-16-25(36)20-29(30)34(41)38-31(21-33(39)40)23-12-10-22(11-13-23)28-8-4-5-9-32(28)42-27-6-2-1-3-7-27/h1-20,31,37H,21H2,(H,38,41)(H,39,40). The van der Waals surface area contributed by atoms with E-state index in [1.165, 1.54) is 0 Å². The number of hydrogen-bond donors (Lipinski definition) is 3. The lowest BCUT2D eigenvalue weighted by Crippen LogP contribution is -2.30. The Kier molecular flexibility index (Phi) is 9.07. The molecule has 0 aromatic heterocycles. The quantitative estimate of drug-likeness (QED) is 0.149. The summed E-state index contributed by atoms with van der Waals surface area (Å²) in [4.78, 5) is 25.3. The Morgan fingerprint density at radius 3 is 2.14 bits per heavy atom. The van der Waals surface area contributed by atoms with E-state index in [1.54, 1.807) is 42.5 Å². The van der Waals surface area contributed by atoms with Crippen molar-refractivity contribution in [3.05, 3.63) is 142 Å². The first-order valence-electron chi connectivity index (χ1n) is 13.1. The second-order valence-electron chi connectivity index (χ2n) is 9.48. The van der Waals surface area contributed by atoms with Crippen LogP contribution in [-0.2, 0) is 4.79 Å². The number of halogens is 2. The van der Waals surface area contributed by atoms with Gasteiger partial charge in [-0.25, -0.2) is 0 Å². The van der Waals surface area contributed by atoms with Crippen molar-refractivity contribution in [1.29, 1.82) is 0 Å². The minimum atomic E-state index is -1.04. The molecule has 0 spiro atoms. The van der Waals surface area contributed by atoms with E-state index in [1.807, 2.05) is 78.9 Å². The van der Waals surface area contributed by atoms with Gasteiger partial charge in [0, 0.05) is 21.3 Å². The SMILES string of the molecule is O=C(O)CC(NC(=O)c1cc(Cl)ccc1Nc1ccc(Cl)cc1)c1ccc(-c2ccccc2Oc2ccccc2)cc1. The van der Waals surface area contributed by atoms with Gasteiger partial charge in [-0.3, -0.25) is 9.59 Å². The highest BCUT2D eigenvalue weighted by Crippen LogP contribution is 2.34. The number of nitrogens with one attached hydrogen (secondary N) is 2. The van der Waals surface area contributed by atoms with Gasteiger partial charge in [-0.2, -0.15) is 0 Å². The van der Waals surface area contributed by atoms with Gasteiger partial charge in [-0.1, -0.05) is 83.9 Å². The van der Waals surface area contributed by atoms with Crippen LogP contribution in [0.25, 0.3) is 11.1 Å². The molecule has 0 radical (unpaired) electrons. The molecule has 0 aliphatic carbocycles. The predicted molar refractivity (Wildman–Crippen MR) is 167 cm³/mol. The van der Waals surface area contributed by atoms with Crippen molar-refractivity contribution in [2.45, 2.75) is 12.5 Å². The molecule has 0 saturated carbocycles. The van der Waals surface area contributed by atoms with Crippen molar-refractivity contribution in [2.75, 3.05) is 5.32 Å². The summed E-state index contributed by atoms with van der Waals surface area (Å²) in [7, 11) is 0. The Labute approximate surface area is 253 Å². The summed E-state index contributed by atoms with van der Waals surface area (Å²) in [6.45, 7) is 0. The molecule has 42 heavy (non-hydrogen) atoms. The number of aliphatic carboxylic acids is 1. The maximum Gasteiger partial charge on any atom is 0.305 e. The number of hydrogen-bond acceptors (Lipinski definition) is 4. The van der Waals surface area contributed by atoms with Gasteiger partial charge in [0.25, 0.3) is 5.91 Å². The first-order chi connectivity index (χ1) is 20.4. The molecule has 5 aromatic carbocycles. The third kappa shape index (κ3) is 7.29. The fourth-order valence-electron chi connectivity index (χ4n) is 4.47. The van der Waals surface area contributed by atoms with E-state index in [-0.39, 0.29) is 12.0 Å². The van der Waals surface area contributed by atoms with Crippen molar-refractivity contribution in [2.24, 2.45) is 0 Å². The Balaban J connectivity index is 1.39. The van der Waals surface area contributed by atoms with Crippen LogP contribution in [0.15, 0.2) is 121 Å². The van der Waals surface area contributed by atoms with Gasteiger partial charge >= 0.3 is 5.97 Å². The normalized spacial score (nSPS) is 11.4. The number of amides is 1. The number of carbonyl (C=O) groups is 2. The zero-order valence-electron chi connectivity index (χ0n) is 22.3. The zero-order chi connectivity index (χ0) is 29.5. The van der Waals surface area contributed by atoms with Gasteiger partial charge in [0.15, 0.2) is 0 Å². The molecule has 3 N–H and O–H groups in total. The molecule has 1 amide bonds. The maximum absolute atomic E-state index is 13.5. The zero-order valence-corrected chi connectivity index (χ0v) is 23.8. The van der Waals surface area contributed by atoms with Crippen molar-refractivity contribution in [1.82, 2.24) is 5.32 Å². The molecular formula is C34H26Cl2N2O4. The lowest BCUT2D eigenvalue weighted by Gasteiger charge is -2.20. The average Bonchev–Trinajstić information content (AvgIpc) is 2.99. The van der Waals surface area contributed by atoms with Crippen LogP contribution in [0.4, 0.5) is 11.4 Å². The minimum Gasteiger partial charge on any atom is -0.481 e. The molecule has 0 fully saturated rings. The van der Waals surface area contributed by atoms with E-state index < -0.39 is 17.9 Å². The number of carbonyl (C=O) groups excluding carboxylic acids is 1. The minimum absolute atomic E-state index is 0.274. The molecule has 6 nitrogen and oxygen atoms in total. The van der Waals surface area contributed by atoms with Gasteiger partial charge in [0.2, 0.25) is 0 Å². The molecule has 0 aliphatic heterocycles. The van der Waals surface area contributed by atoms with Crippen LogP contribution in [-0.4, -0.2) is 17.0 Å². The van der Waals surface area contributed by atoms with Crippen LogP contribution >= 0.6 is 23.2 Å². The second kappa shape index (κ2) is 13.3. The molecule has 0 saturated heterocycles. The fourth-order valence-corrected chi connectivity index (χ4v) is 4.77.